The summed E-state index contributed by atoms with van der Waals surface area (Å²) in [5.74, 6) is 1.86. The first kappa shape index (κ1) is 15.9. The maximum absolute atomic E-state index is 11.4. The third-order valence-electron chi connectivity index (χ3n) is 3.30. The smallest absolute Gasteiger partial charge is 0.223 e. The van der Waals surface area contributed by atoms with Crippen LogP contribution in [0.1, 0.15) is 12.8 Å². The van der Waals surface area contributed by atoms with E-state index < -0.39 is 0 Å². The van der Waals surface area contributed by atoms with Crippen molar-refractivity contribution in [1.29, 1.82) is 0 Å². The third-order valence-corrected chi connectivity index (χ3v) is 3.30. The maximum atomic E-state index is 11.4. The van der Waals surface area contributed by atoms with E-state index in [-0.39, 0.29) is 17.8 Å². The second-order valence-corrected chi connectivity index (χ2v) is 5.03. The van der Waals surface area contributed by atoms with Gasteiger partial charge in [0.2, 0.25) is 5.91 Å². The summed E-state index contributed by atoms with van der Waals surface area (Å²) >= 11 is 0. The monoisotopic (exact) mass is 306 g/mol. The largest absolute Gasteiger partial charge is 0.493 e. The molecule has 22 heavy (non-hydrogen) atoms. The second kappa shape index (κ2) is 7.53. The lowest BCUT2D eigenvalue weighted by molar-refractivity contribution is -0.122. The van der Waals surface area contributed by atoms with Crippen LogP contribution >= 0.6 is 0 Å². The minimum Gasteiger partial charge on any atom is -0.493 e. The Morgan fingerprint density at radius 2 is 2.05 bits per heavy atom. The van der Waals surface area contributed by atoms with Crippen LogP contribution in [0.2, 0.25) is 0 Å². The fraction of sp³-hybridized carbons (Fsp3) is 0.467. The van der Waals surface area contributed by atoms with E-state index in [2.05, 4.69) is 15.6 Å². The molecule has 1 aromatic carbocycles. The Morgan fingerprint density at radius 3 is 2.68 bits per heavy atom. The highest BCUT2D eigenvalue weighted by molar-refractivity contribution is 5.92. The minimum absolute atomic E-state index is 0.113. The second-order valence-electron chi connectivity index (χ2n) is 5.03. The molecule has 0 bridgehead atoms. The fourth-order valence-corrected chi connectivity index (χ4v) is 1.95. The zero-order valence-electron chi connectivity index (χ0n) is 12.9. The number of guanidine groups is 1. The molecule has 1 fully saturated rings. The Labute approximate surface area is 129 Å². The Morgan fingerprint density at radius 1 is 1.32 bits per heavy atom. The molecule has 0 saturated heterocycles. The first-order valence-electron chi connectivity index (χ1n) is 7.20. The summed E-state index contributed by atoms with van der Waals surface area (Å²) in [7, 11) is 3.15. The zero-order chi connectivity index (χ0) is 15.9. The molecule has 0 aromatic heterocycles. The molecule has 1 saturated carbocycles. The van der Waals surface area contributed by atoms with Crippen molar-refractivity contribution >= 4 is 17.6 Å². The number of amides is 1. The number of aliphatic imine (C=N–C) groups is 1. The van der Waals surface area contributed by atoms with Gasteiger partial charge in [0.25, 0.3) is 0 Å². The lowest BCUT2D eigenvalue weighted by Crippen LogP contribution is -2.29. The first-order valence-corrected chi connectivity index (χ1v) is 7.20. The van der Waals surface area contributed by atoms with Crippen molar-refractivity contribution in [1.82, 2.24) is 5.32 Å². The topological polar surface area (TPSA) is 98.0 Å². The van der Waals surface area contributed by atoms with Crippen molar-refractivity contribution in [3.63, 3.8) is 0 Å². The highest BCUT2D eigenvalue weighted by atomic mass is 16.5. The number of ether oxygens (including phenoxy) is 2. The molecule has 7 nitrogen and oxygen atoms in total. The lowest BCUT2D eigenvalue weighted by atomic mass is 10.3. The van der Waals surface area contributed by atoms with Crippen molar-refractivity contribution in [3.05, 3.63) is 18.2 Å². The lowest BCUT2D eigenvalue weighted by Gasteiger charge is -2.11. The summed E-state index contributed by atoms with van der Waals surface area (Å²) < 4.78 is 10.4. The molecule has 0 radical (unpaired) electrons. The Balaban J connectivity index is 1.81. The number of carbonyl (C=O) groups is 1. The van der Waals surface area contributed by atoms with Crippen LogP contribution in [0.15, 0.2) is 23.2 Å². The van der Waals surface area contributed by atoms with E-state index in [0.717, 1.165) is 18.5 Å². The van der Waals surface area contributed by atoms with Gasteiger partial charge >= 0.3 is 0 Å². The van der Waals surface area contributed by atoms with Crippen LogP contribution in [0.3, 0.4) is 0 Å². The van der Waals surface area contributed by atoms with Gasteiger partial charge in [0, 0.05) is 24.2 Å². The molecule has 0 spiro atoms. The van der Waals surface area contributed by atoms with Gasteiger partial charge in [0.1, 0.15) is 0 Å². The molecule has 4 N–H and O–H groups in total. The minimum atomic E-state index is 0.113. The Hall–Kier alpha value is -2.44. The number of benzene rings is 1. The first-order chi connectivity index (χ1) is 10.6. The van der Waals surface area contributed by atoms with E-state index in [1.165, 1.54) is 0 Å². The van der Waals surface area contributed by atoms with Crippen molar-refractivity contribution in [2.45, 2.75) is 12.8 Å². The number of hydrogen-bond donors (Lipinski definition) is 3. The van der Waals surface area contributed by atoms with Gasteiger partial charge in [0.05, 0.1) is 20.8 Å². The molecule has 1 aromatic rings. The standard InChI is InChI=1S/C15H22N4O3/c1-21-12-6-5-11(9-13(12)22-2)19-15(16)18-8-7-17-14(20)10-3-4-10/h5-6,9-10H,3-4,7-8H2,1-2H3,(H,17,20)(H3,16,18,19). The van der Waals surface area contributed by atoms with Gasteiger partial charge < -0.3 is 25.8 Å². The van der Waals surface area contributed by atoms with E-state index in [1.54, 1.807) is 26.4 Å². The molecule has 0 unspecified atom stereocenters. The number of nitrogens with two attached hydrogens (primary N) is 1. The van der Waals surface area contributed by atoms with Crippen LogP contribution in [0, 0.1) is 5.92 Å². The van der Waals surface area contributed by atoms with Crippen molar-refractivity contribution in [3.8, 4) is 11.5 Å². The van der Waals surface area contributed by atoms with E-state index >= 15 is 0 Å². The van der Waals surface area contributed by atoms with Crippen LogP contribution in [0.25, 0.3) is 0 Å². The maximum Gasteiger partial charge on any atom is 0.223 e. The van der Waals surface area contributed by atoms with Gasteiger partial charge in [0.15, 0.2) is 17.5 Å². The molecule has 1 aliphatic rings. The summed E-state index contributed by atoms with van der Waals surface area (Å²) in [6.45, 7) is 0.925. The summed E-state index contributed by atoms with van der Waals surface area (Å²) in [4.78, 5) is 15.6. The predicted molar refractivity (Wildman–Crippen MR) is 85.4 cm³/mol. The molecular weight excluding hydrogens is 284 g/mol. The number of rotatable bonds is 7. The van der Waals surface area contributed by atoms with Gasteiger partial charge in [-0.05, 0) is 25.0 Å². The summed E-state index contributed by atoms with van der Waals surface area (Å²) in [6.07, 6.45) is 2.00. The Bertz CT molecular complexity index is 556. The average Bonchev–Trinajstić information content (AvgIpc) is 3.36. The summed E-state index contributed by atoms with van der Waals surface area (Å²) in [5, 5.41) is 5.80. The van der Waals surface area contributed by atoms with Crippen molar-refractivity contribution < 1.29 is 14.3 Å². The molecule has 2 rings (SSSR count). The summed E-state index contributed by atoms with van der Waals surface area (Å²) in [6, 6.07) is 5.37. The van der Waals surface area contributed by atoms with Crippen LogP contribution in [-0.2, 0) is 4.79 Å². The fourth-order valence-electron chi connectivity index (χ4n) is 1.95. The zero-order valence-corrected chi connectivity index (χ0v) is 12.9. The van der Waals surface area contributed by atoms with Gasteiger partial charge in [-0.25, -0.2) is 0 Å². The van der Waals surface area contributed by atoms with E-state index in [9.17, 15) is 4.79 Å². The molecule has 120 valence electrons. The quantitative estimate of drug-likeness (QED) is 0.396. The van der Waals surface area contributed by atoms with Gasteiger partial charge in [-0.3, -0.25) is 9.79 Å². The molecular formula is C15H22N4O3. The van der Waals surface area contributed by atoms with Crippen LogP contribution in [0.5, 0.6) is 11.5 Å². The van der Waals surface area contributed by atoms with E-state index in [1.807, 2.05) is 6.07 Å². The summed E-state index contributed by atoms with van der Waals surface area (Å²) in [5.41, 5.74) is 6.56. The number of nitrogens with zero attached hydrogens (tertiary/aromatic N) is 1. The third kappa shape index (κ3) is 4.54. The predicted octanol–water partition coefficient (Wildman–Crippen LogP) is 0.957. The van der Waals surface area contributed by atoms with Gasteiger partial charge in [-0.1, -0.05) is 0 Å². The van der Waals surface area contributed by atoms with E-state index in [0.29, 0.717) is 24.6 Å². The molecule has 7 heteroatoms. The molecule has 1 aliphatic carbocycles. The average molecular weight is 306 g/mol. The molecule has 1 amide bonds. The molecule has 0 aliphatic heterocycles. The van der Waals surface area contributed by atoms with Gasteiger partial charge in [-0.2, -0.15) is 0 Å². The Kier molecular flexibility index (Phi) is 5.46. The molecule has 0 atom stereocenters. The number of nitrogens with one attached hydrogen (secondary N) is 2. The molecule has 0 heterocycles. The number of hydrogen-bond acceptors (Lipinski definition) is 4. The van der Waals surface area contributed by atoms with Crippen molar-refractivity contribution in [2.75, 3.05) is 32.6 Å². The SMILES string of the molecule is COc1ccc(NC(N)=NCCNC(=O)C2CC2)cc1OC. The van der Waals surface area contributed by atoms with Crippen LogP contribution in [-0.4, -0.2) is 39.2 Å². The number of carbonyl (C=O) groups excluding carboxylic acids is 1. The van der Waals surface area contributed by atoms with Crippen LogP contribution in [0.4, 0.5) is 5.69 Å². The van der Waals surface area contributed by atoms with Crippen LogP contribution < -0.4 is 25.8 Å². The normalized spacial score (nSPS) is 14.4. The van der Waals surface area contributed by atoms with Gasteiger partial charge in [-0.15, -0.1) is 0 Å². The highest BCUT2D eigenvalue weighted by Gasteiger charge is 2.28. The number of anilines is 1. The van der Waals surface area contributed by atoms with Crippen molar-refractivity contribution in [2.24, 2.45) is 16.6 Å². The van der Waals surface area contributed by atoms with E-state index in [4.69, 9.17) is 15.2 Å². The number of methoxy groups -OCH3 is 2. The highest BCUT2D eigenvalue weighted by Crippen LogP contribution is 2.29.